The van der Waals surface area contributed by atoms with E-state index >= 15 is 0 Å². The minimum Gasteiger partial charge on any atom is -0.481 e. The van der Waals surface area contributed by atoms with Gasteiger partial charge in [-0.3, -0.25) is 0 Å². The molecule has 6 heteroatoms. The summed E-state index contributed by atoms with van der Waals surface area (Å²) in [6.45, 7) is 0. The second-order valence-corrected chi connectivity index (χ2v) is 3.51. The largest absolute Gasteiger partial charge is 0.481 e. The lowest BCUT2D eigenvalue weighted by Gasteiger charge is -2.11. The molecule has 16 heavy (non-hydrogen) atoms. The van der Waals surface area contributed by atoms with Crippen molar-refractivity contribution in [3.05, 3.63) is 22.9 Å². The summed E-state index contributed by atoms with van der Waals surface area (Å²) in [5, 5.41) is 8.84. The zero-order chi connectivity index (χ0) is 12.1. The van der Waals surface area contributed by atoms with Crippen molar-refractivity contribution in [1.29, 1.82) is 5.26 Å². The molecule has 0 spiro atoms. The van der Waals surface area contributed by atoms with Gasteiger partial charge in [-0.05, 0) is 5.56 Å². The highest BCUT2D eigenvalue weighted by Crippen LogP contribution is 2.29. The van der Waals surface area contributed by atoms with Gasteiger partial charge >= 0.3 is 0 Å². The van der Waals surface area contributed by atoms with E-state index < -0.39 is 6.43 Å². The summed E-state index contributed by atoms with van der Waals surface area (Å²) < 4.78 is 30.4. The Balaban J connectivity index is 3.35. The molecule has 0 saturated heterocycles. The molecule has 0 radical (unpaired) electrons. The lowest BCUT2D eigenvalue weighted by Crippen LogP contribution is -2.03. The van der Waals surface area contributed by atoms with Crippen molar-refractivity contribution in [1.82, 2.24) is 4.98 Å². The molecule has 0 aliphatic rings. The van der Waals surface area contributed by atoms with Crippen LogP contribution in [0.15, 0.2) is 6.07 Å². The molecule has 1 aromatic rings. The van der Waals surface area contributed by atoms with Gasteiger partial charge in [0.25, 0.3) is 6.43 Å². The molecule has 0 aromatic carbocycles. The minimum absolute atomic E-state index is 0.0160. The Morgan fingerprint density at radius 2 is 2.31 bits per heavy atom. The molecule has 3 nitrogen and oxygen atoms in total. The van der Waals surface area contributed by atoms with Gasteiger partial charge in [-0.1, -0.05) is 15.9 Å². The van der Waals surface area contributed by atoms with Crippen LogP contribution < -0.4 is 4.74 Å². The maximum absolute atomic E-state index is 12.8. The Bertz CT molecular complexity index is 418. The first kappa shape index (κ1) is 12.8. The summed E-state index contributed by atoms with van der Waals surface area (Å²) in [6.07, 6.45) is -2.63. The Kier molecular flexibility index (Phi) is 4.62. The molecular formula is C10H9BrF2N2O. The SMILES string of the molecule is COc1cc(C(F)F)c(CBr)c(CC#N)n1. The van der Waals surface area contributed by atoms with Crippen LogP contribution in [-0.2, 0) is 11.8 Å². The van der Waals surface area contributed by atoms with Crippen LogP contribution in [0.3, 0.4) is 0 Å². The van der Waals surface area contributed by atoms with Crippen molar-refractivity contribution in [2.75, 3.05) is 7.11 Å². The number of hydrogen-bond acceptors (Lipinski definition) is 3. The standard InChI is InChI=1S/C10H9BrF2N2O/c1-16-9-4-6(10(12)13)7(5-11)8(15-9)2-3-14/h4,10H,2,5H2,1H3. The molecule has 0 aliphatic heterocycles. The molecule has 0 aliphatic carbocycles. The van der Waals surface area contributed by atoms with Crippen LogP contribution in [0.4, 0.5) is 8.78 Å². The number of aromatic nitrogens is 1. The number of hydrogen-bond donors (Lipinski definition) is 0. The number of nitriles is 1. The van der Waals surface area contributed by atoms with Crippen molar-refractivity contribution in [2.45, 2.75) is 18.2 Å². The average molecular weight is 291 g/mol. The summed E-state index contributed by atoms with van der Waals surface area (Å²) in [6, 6.07) is 3.09. The third kappa shape index (κ3) is 2.67. The Labute approximate surface area is 100 Å². The second kappa shape index (κ2) is 5.75. The Hall–Kier alpha value is -1.22. The molecule has 0 unspecified atom stereocenters. The van der Waals surface area contributed by atoms with Gasteiger partial charge in [0.1, 0.15) is 0 Å². The number of methoxy groups -OCH3 is 1. The normalized spacial score (nSPS) is 10.2. The van der Waals surface area contributed by atoms with Crippen molar-refractivity contribution >= 4 is 15.9 Å². The zero-order valence-corrected chi connectivity index (χ0v) is 10.1. The van der Waals surface area contributed by atoms with E-state index in [4.69, 9.17) is 10.00 Å². The smallest absolute Gasteiger partial charge is 0.264 e. The first-order valence-electron chi connectivity index (χ1n) is 4.41. The topological polar surface area (TPSA) is 45.9 Å². The first-order chi connectivity index (χ1) is 7.63. The van der Waals surface area contributed by atoms with Gasteiger partial charge in [0.15, 0.2) is 0 Å². The second-order valence-electron chi connectivity index (χ2n) is 2.95. The predicted octanol–water partition coefficient (Wildman–Crippen LogP) is 2.99. The van der Waals surface area contributed by atoms with Gasteiger partial charge < -0.3 is 4.74 Å². The van der Waals surface area contributed by atoms with Gasteiger partial charge in [0.05, 0.1) is 25.3 Å². The van der Waals surface area contributed by atoms with Gasteiger partial charge in [-0.25, -0.2) is 13.8 Å². The fourth-order valence-electron chi connectivity index (χ4n) is 1.29. The summed E-state index contributed by atoms with van der Waals surface area (Å²) in [5.74, 6) is 0.102. The number of pyridine rings is 1. The summed E-state index contributed by atoms with van der Waals surface area (Å²) >= 11 is 3.12. The third-order valence-electron chi connectivity index (χ3n) is 2.05. The monoisotopic (exact) mass is 290 g/mol. The molecule has 0 saturated carbocycles. The highest BCUT2D eigenvalue weighted by molar-refractivity contribution is 9.08. The van der Waals surface area contributed by atoms with Gasteiger partial charge in [0.2, 0.25) is 5.88 Å². The maximum Gasteiger partial charge on any atom is 0.264 e. The van der Waals surface area contributed by atoms with Crippen molar-refractivity contribution in [3.8, 4) is 11.9 Å². The van der Waals surface area contributed by atoms with Crippen molar-refractivity contribution in [3.63, 3.8) is 0 Å². The van der Waals surface area contributed by atoms with E-state index in [0.717, 1.165) is 0 Å². The fraction of sp³-hybridized carbons (Fsp3) is 0.400. The summed E-state index contributed by atoms with van der Waals surface area (Å²) in [7, 11) is 1.35. The number of alkyl halides is 3. The van der Waals surface area contributed by atoms with Crippen molar-refractivity contribution < 1.29 is 13.5 Å². The van der Waals surface area contributed by atoms with Crippen LogP contribution in [0.1, 0.15) is 23.2 Å². The molecule has 0 atom stereocenters. The van der Waals surface area contributed by atoms with E-state index in [-0.39, 0.29) is 23.2 Å². The average Bonchev–Trinajstić information content (AvgIpc) is 2.28. The molecular weight excluding hydrogens is 282 g/mol. The lowest BCUT2D eigenvalue weighted by molar-refractivity contribution is 0.149. The number of ether oxygens (including phenoxy) is 1. The van der Waals surface area contributed by atoms with E-state index in [1.165, 1.54) is 13.2 Å². The zero-order valence-electron chi connectivity index (χ0n) is 8.51. The highest BCUT2D eigenvalue weighted by atomic mass is 79.9. The lowest BCUT2D eigenvalue weighted by atomic mass is 10.1. The van der Waals surface area contributed by atoms with E-state index in [1.807, 2.05) is 6.07 Å². The summed E-state index contributed by atoms with van der Waals surface area (Å²) in [4.78, 5) is 3.99. The predicted molar refractivity (Wildman–Crippen MR) is 57.7 cm³/mol. The van der Waals surface area contributed by atoms with E-state index in [0.29, 0.717) is 11.3 Å². The van der Waals surface area contributed by atoms with E-state index in [9.17, 15) is 8.78 Å². The van der Waals surface area contributed by atoms with Crippen LogP contribution in [0.5, 0.6) is 5.88 Å². The molecule has 86 valence electrons. The van der Waals surface area contributed by atoms with Crippen LogP contribution >= 0.6 is 15.9 Å². The third-order valence-corrected chi connectivity index (χ3v) is 2.61. The molecule has 1 rings (SSSR count). The molecule has 0 amide bonds. The van der Waals surface area contributed by atoms with Gasteiger partial charge in [-0.15, -0.1) is 0 Å². The van der Waals surface area contributed by atoms with Crippen LogP contribution in [0.2, 0.25) is 0 Å². The molecule has 1 aromatic heterocycles. The Morgan fingerprint density at radius 1 is 1.62 bits per heavy atom. The first-order valence-corrected chi connectivity index (χ1v) is 5.54. The number of halogens is 3. The Morgan fingerprint density at radius 3 is 2.75 bits per heavy atom. The fourth-order valence-corrected chi connectivity index (χ4v) is 1.94. The summed E-state index contributed by atoms with van der Waals surface area (Å²) in [5.41, 5.74) is 0.542. The minimum atomic E-state index is -2.61. The highest BCUT2D eigenvalue weighted by Gasteiger charge is 2.18. The molecule has 1 heterocycles. The molecule has 0 fully saturated rings. The van der Waals surface area contributed by atoms with Gasteiger partial charge in [-0.2, -0.15) is 5.26 Å². The van der Waals surface area contributed by atoms with E-state index in [1.54, 1.807) is 0 Å². The number of nitrogens with zero attached hydrogens (tertiary/aromatic N) is 2. The van der Waals surface area contributed by atoms with Gasteiger partial charge in [0, 0.05) is 17.0 Å². The maximum atomic E-state index is 12.8. The van der Waals surface area contributed by atoms with Crippen LogP contribution in [0, 0.1) is 11.3 Å². The van der Waals surface area contributed by atoms with Crippen molar-refractivity contribution in [2.24, 2.45) is 0 Å². The van der Waals surface area contributed by atoms with E-state index in [2.05, 4.69) is 20.9 Å². The molecule has 0 bridgehead atoms. The molecule has 0 N–H and O–H groups in total. The quantitative estimate of drug-likeness (QED) is 0.801. The van der Waals surface area contributed by atoms with Crippen LogP contribution in [-0.4, -0.2) is 12.1 Å². The number of rotatable bonds is 4. The van der Waals surface area contributed by atoms with Crippen LogP contribution in [0.25, 0.3) is 0 Å².